The van der Waals surface area contributed by atoms with Crippen LogP contribution in [0, 0.1) is 17.2 Å². The number of hydrogen-bond donors (Lipinski definition) is 1. The van der Waals surface area contributed by atoms with Crippen molar-refractivity contribution in [2.75, 3.05) is 0 Å². The number of nitriles is 1. The number of esters is 1. The lowest BCUT2D eigenvalue weighted by Crippen LogP contribution is -2.45. The molecule has 2 rings (SSSR count). The second-order valence-electron chi connectivity index (χ2n) is 6.79. The van der Waals surface area contributed by atoms with Crippen LogP contribution in [-0.2, 0) is 32.3 Å². The van der Waals surface area contributed by atoms with Crippen molar-refractivity contribution in [3.63, 3.8) is 0 Å². The minimum absolute atomic E-state index is 0.192. The number of halogens is 3. The lowest BCUT2D eigenvalue weighted by Gasteiger charge is -2.21. The van der Waals surface area contributed by atoms with Gasteiger partial charge in [-0.1, -0.05) is 32.0 Å². The standard InChI is InChI=1S/C20H19F3N2O4S/c1-13(2)18(19(26)29-12-15-6-3-5-14(9-15)11-24)25-30(27,28)17-8-4-7-16(10-17)20(21,22)23/h3-10,13,18,25H,12H2,1-2H3. The molecule has 0 radical (unpaired) electrons. The van der Waals surface area contributed by atoms with E-state index in [0.29, 0.717) is 17.2 Å². The van der Waals surface area contributed by atoms with Gasteiger partial charge in [0.25, 0.3) is 0 Å². The number of nitrogens with one attached hydrogen (secondary N) is 1. The van der Waals surface area contributed by atoms with Crippen LogP contribution >= 0.6 is 0 Å². The quantitative estimate of drug-likeness (QED) is 0.664. The molecule has 0 bridgehead atoms. The average molecular weight is 440 g/mol. The van der Waals surface area contributed by atoms with E-state index in [4.69, 9.17) is 10.00 Å². The first-order valence-corrected chi connectivity index (χ1v) is 10.3. The molecule has 30 heavy (non-hydrogen) atoms. The van der Waals surface area contributed by atoms with E-state index in [0.717, 1.165) is 18.2 Å². The van der Waals surface area contributed by atoms with Crippen LogP contribution in [0.25, 0.3) is 0 Å². The van der Waals surface area contributed by atoms with Gasteiger partial charge in [-0.15, -0.1) is 0 Å². The zero-order valence-corrected chi connectivity index (χ0v) is 16.9. The third kappa shape index (κ3) is 6.05. The maximum absolute atomic E-state index is 12.9. The van der Waals surface area contributed by atoms with Gasteiger partial charge in [0, 0.05) is 0 Å². The van der Waals surface area contributed by atoms with Crippen molar-refractivity contribution in [1.29, 1.82) is 5.26 Å². The smallest absolute Gasteiger partial charge is 0.416 e. The Morgan fingerprint density at radius 2 is 1.83 bits per heavy atom. The first kappa shape index (κ1) is 23.4. The van der Waals surface area contributed by atoms with Gasteiger partial charge in [-0.05, 0) is 41.8 Å². The molecule has 0 spiro atoms. The summed E-state index contributed by atoms with van der Waals surface area (Å²) in [6.45, 7) is 2.94. The lowest BCUT2D eigenvalue weighted by molar-refractivity contribution is -0.148. The Bertz CT molecular complexity index is 1060. The van der Waals surface area contributed by atoms with Crippen LogP contribution in [-0.4, -0.2) is 20.4 Å². The van der Waals surface area contributed by atoms with Crippen molar-refractivity contribution >= 4 is 16.0 Å². The van der Waals surface area contributed by atoms with E-state index in [2.05, 4.69) is 4.72 Å². The molecule has 1 N–H and O–H groups in total. The summed E-state index contributed by atoms with van der Waals surface area (Å²) < 4.78 is 71.1. The predicted octanol–water partition coefficient (Wildman–Crippen LogP) is 3.62. The molecule has 1 atom stereocenters. The summed E-state index contributed by atoms with van der Waals surface area (Å²) in [5.74, 6) is -1.42. The van der Waals surface area contributed by atoms with E-state index >= 15 is 0 Å². The fourth-order valence-electron chi connectivity index (χ4n) is 2.51. The van der Waals surface area contributed by atoms with Crippen LogP contribution in [0.4, 0.5) is 13.2 Å². The van der Waals surface area contributed by atoms with Crippen LogP contribution in [0.3, 0.4) is 0 Å². The van der Waals surface area contributed by atoms with E-state index in [1.54, 1.807) is 32.0 Å². The molecule has 0 saturated carbocycles. The van der Waals surface area contributed by atoms with Crippen molar-refractivity contribution in [2.24, 2.45) is 5.92 Å². The highest BCUT2D eigenvalue weighted by atomic mass is 32.2. The molecule has 2 aromatic rings. The van der Waals surface area contributed by atoms with Gasteiger partial charge in [0.2, 0.25) is 10.0 Å². The van der Waals surface area contributed by atoms with E-state index in [1.807, 2.05) is 6.07 Å². The molecular formula is C20H19F3N2O4S. The Morgan fingerprint density at radius 3 is 2.43 bits per heavy atom. The Labute approximate surface area is 172 Å². The number of sulfonamides is 1. The second-order valence-corrected chi connectivity index (χ2v) is 8.50. The Hall–Kier alpha value is -2.90. The number of hydrogen-bond acceptors (Lipinski definition) is 5. The van der Waals surface area contributed by atoms with E-state index in [9.17, 15) is 26.4 Å². The molecule has 6 nitrogen and oxygen atoms in total. The molecule has 0 heterocycles. The molecule has 0 aliphatic heterocycles. The normalized spacial score (nSPS) is 13.0. The zero-order chi connectivity index (χ0) is 22.5. The molecule has 0 aliphatic carbocycles. The van der Waals surface area contributed by atoms with Crippen LogP contribution in [0.1, 0.15) is 30.5 Å². The van der Waals surface area contributed by atoms with Gasteiger partial charge in [0.05, 0.1) is 22.1 Å². The largest absolute Gasteiger partial charge is 0.460 e. The summed E-state index contributed by atoms with van der Waals surface area (Å²) in [6, 6.07) is 10.2. The number of carbonyl (C=O) groups excluding carboxylic acids is 1. The topological polar surface area (TPSA) is 96.3 Å². The highest BCUT2D eigenvalue weighted by Gasteiger charge is 2.33. The molecule has 1 unspecified atom stereocenters. The van der Waals surface area contributed by atoms with Crippen LogP contribution < -0.4 is 4.72 Å². The van der Waals surface area contributed by atoms with Gasteiger partial charge in [0.15, 0.2) is 0 Å². The van der Waals surface area contributed by atoms with Gasteiger partial charge in [-0.25, -0.2) is 8.42 Å². The number of rotatable bonds is 7. The van der Waals surface area contributed by atoms with Crippen molar-refractivity contribution in [1.82, 2.24) is 4.72 Å². The van der Waals surface area contributed by atoms with Crippen LogP contribution in [0.2, 0.25) is 0 Å². The zero-order valence-electron chi connectivity index (χ0n) is 16.1. The maximum Gasteiger partial charge on any atom is 0.416 e. The lowest BCUT2D eigenvalue weighted by atomic mass is 10.1. The summed E-state index contributed by atoms with van der Waals surface area (Å²) in [7, 11) is -4.42. The summed E-state index contributed by atoms with van der Waals surface area (Å²) in [4.78, 5) is 11.8. The number of nitrogens with zero attached hydrogens (tertiary/aromatic N) is 1. The average Bonchev–Trinajstić information content (AvgIpc) is 2.69. The van der Waals surface area contributed by atoms with E-state index < -0.39 is 44.6 Å². The molecule has 0 aliphatic rings. The van der Waals surface area contributed by atoms with Gasteiger partial charge in [-0.3, -0.25) is 4.79 Å². The second kappa shape index (κ2) is 9.28. The monoisotopic (exact) mass is 440 g/mol. The summed E-state index contributed by atoms with van der Waals surface area (Å²) in [5, 5.41) is 8.90. The first-order chi connectivity index (χ1) is 13.9. The fraction of sp³-hybridized carbons (Fsp3) is 0.300. The van der Waals surface area contributed by atoms with Crippen molar-refractivity contribution in [3.05, 3.63) is 65.2 Å². The van der Waals surface area contributed by atoms with Crippen molar-refractivity contribution in [2.45, 2.75) is 37.6 Å². The Morgan fingerprint density at radius 1 is 1.17 bits per heavy atom. The Kier molecular flexibility index (Phi) is 7.23. The number of alkyl halides is 3. The highest BCUT2D eigenvalue weighted by molar-refractivity contribution is 7.89. The van der Waals surface area contributed by atoms with Gasteiger partial charge in [-0.2, -0.15) is 23.2 Å². The summed E-state index contributed by atoms with van der Waals surface area (Å²) in [5.41, 5.74) is -0.216. The Balaban J connectivity index is 2.17. The number of ether oxygens (including phenoxy) is 1. The maximum atomic E-state index is 12.9. The van der Waals surface area contributed by atoms with Crippen LogP contribution in [0.5, 0.6) is 0 Å². The number of carbonyl (C=O) groups is 1. The number of benzene rings is 2. The summed E-state index contributed by atoms with van der Waals surface area (Å²) >= 11 is 0. The van der Waals surface area contributed by atoms with Gasteiger partial charge >= 0.3 is 12.1 Å². The molecule has 2 aromatic carbocycles. The molecule has 0 fully saturated rings. The molecule has 160 valence electrons. The highest BCUT2D eigenvalue weighted by Crippen LogP contribution is 2.30. The summed E-state index contributed by atoms with van der Waals surface area (Å²) in [6.07, 6.45) is -4.71. The molecular weight excluding hydrogens is 421 g/mol. The first-order valence-electron chi connectivity index (χ1n) is 8.79. The van der Waals surface area contributed by atoms with Crippen LogP contribution in [0.15, 0.2) is 53.4 Å². The minimum Gasteiger partial charge on any atom is -0.460 e. The van der Waals surface area contributed by atoms with Crippen molar-refractivity contribution in [3.8, 4) is 6.07 Å². The molecule has 0 amide bonds. The minimum atomic E-state index is -4.71. The van der Waals surface area contributed by atoms with Gasteiger partial charge < -0.3 is 4.74 Å². The molecule has 0 aromatic heterocycles. The fourth-order valence-corrected chi connectivity index (χ4v) is 3.88. The van der Waals surface area contributed by atoms with Crippen molar-refractivity contribution < 1.29 is 31.1 Å². The third-order valence-corrected chi connectivity index (χ3v) is 5.55. The van der Waals surface area contributed by atoms with Gasteiger partial charge in [0.1, 0.15) is 12.6 Å². The van der Waals surface area contributed by atoms with E-state index in [1.165, 1.54) is 6.07 Å². The molecule has 10 heteroatoms. The molecule has 0 saturated heterocycles. The predicted molar refractivity (Wildman–Crippen MR) is 101 cm³/mol. The SMILES string of the molecule is CC(C)C(NS(=O)(=O)c1cccc(C(F)(F)F)c1)C(=O)OCc1cccc(C#N)c1. The van der Waals surface area contributed by atoms with E-state index in [-0.39, 0.29) is 6.61 Å². The third-order valence-electron chi connectivity index (χ3n) is 4.11.